The van der Waals surface area contributed by atoms with E-state index in [1.54, 1.807) is 20.8 Å². The van der Waals surface area contributed by atoms with E-state index in [2.05, 4.69) is 10.6 Å². The second-order valence-electron chi connectivity index (χ2n) is 6.98. The fourth-order valence-corrected chi connectivity index (χ4v) is 2.15. The first-order valence-corrected chi connectivity index (χ1v) is 8.14. The van der Waals surface area contributed by atoms with Gasteiger partial charge in [-0.15, -0.1) is 0 Å². The van der Waals surface area contributed by atoms with Crippen LogP contribution in [-0.4, -0.2) is 28.7 Å². The largest absolute Gasteiger partial charge is 0.506 e. The summed E-state index contributed by atoms with van der Waals surface area (Å²) in [7, 11) is 0. The number of nitrogens with one attached hydrogen (secondary N) is 2. The summed E-state index contributed by atoms with van der Waals surface area (Å²) in [5.41, 5.74) is -0.471. The number of aromatic hydroxyl groups is 1. The molecule has 134 valence electrons. The molecule has 24 heavy (non-hydrogen) atoms. The van der Waals surface area contributed by atoms with Gasteiger partial charge in [0, 0.05) is 5.02 Å². The van der Waals surface area contributed by atoms with Crippen LogP contribution in [0.25, 0.3) is 0 Å². The van der Waals surface area contributed by atoms with Gasteiger partial charge in [-0.05, 0) is 51.3 Å². The minimum atomic E-state index is -0.793. The lowest BCUT2D eigenvalue weighted by Gasteiger charge is -2.24. The predicted molar refractivity (Wildman–Crippen MR) is 94.4 cm³/mol. The summed E-state index contributed by atoms with van der Waals surface area (Å²) in [5, 5.41) is 15.3. The minimum absolute atomic E-state index is 0.103. The fraction of sp³-hybridized carbons (Fsp3) is 0.529. The van der Waals surface area contributed by atoms with Crippen molar-refractivity contribution in [1.29, 1.82) is 0 Å². The second kappa shape index (κ2) is 8.24. The van der Waals surface area contributed by atoms with Crippen molar-refractivity contribution in [2.75, 3.05) is 5.32 Å². The molecule has 0 radical (unpaired) electrons. The van der Waals surface area contributed by atoms with Crippen molar-refractivity contribution in [2.45, 2.75) is 52.7 Å². The van der Waals surface area contributed by atoms with Gasteiger partial charge in [-0.25, -0.2) is 4.79 Å². The van der Waals surface area contributed by atoms with Crippen molar-refractivity contribution in [1.82, 2.24) is 5.32 Å². The topological polar surface area (TPSA) is 87.7 Å². The molecule has 0 aliphatic rings. The average Bonchev–Trinajstić information content (AvgIpc) is 2.39. The minimum Gasteiger partial charge on any atom is -0.506 e. The van der Waals surface area contributed by atoms with Crippen LogP contribution in [0.2, 0.25) is 5.02 Å². The number of ether oxygens (including phenoxy) is 1. The van der Waals surface area contributed by atoms with Crippen molar-refractivity contribution in [3.63, 3.8) is 0 Å². The number of anilines is 1. The Morgan fingerprint density at radius 3 is 2.46 bits per heavy atom. The molecule has 0 fully saturated rings. The van der Waals surface area contributed by atoms with E-state index in [1.165, 1.54) is 18.2 Å². The predicted octanol–water partition coefficient (Wildman–Crippen LogP) is 3.92. The van der Waals surface area contributed by atoms with Crippen LogP contribution >= 0.6 is 11.6 Å². The highest BCUT2D eigenvalue weighted by Crippen LogP contribution is 2.26. The quantitative estimate of drug-likeness (QED) is 0.697. The molecule has 0 aromatic heterocycles. The van der Waals surface area contributed by atoms with Crippen LogP contribution in [0.1, 0.15) is 41.0 Å². The van der Waals surface area contributed by atoms with E-state index >= 15 is 0 Å². The van der Waals surface area contributed by atoms with Crippen LogP contribution in [-0.2, 0) is 9.53 Å². The third-order valence-electron chi connectivity index (χ3n) is 2.93. The Labute approximate surface area is 147 Å². The Morgan fingerprint density at radius 1 is 1.29 bits per heavy atom. The summed E-state index contributed by atoms with van der Waals surface area (Å²) in [5.74, 6) is -0.385. The van der Waals surface area contributed by atoms with Crippen molar-refractivity contribution in [2.24, 2.45) is 5.92 Å². The molecule has 2 amide bonds. The number of carbonyl (C=O) groups excluding carboxylic acids is 2. The third kappa shape index (κ3) is 7.08. The maximum absolute atomic E-state index is 12.5. The molecule has 0 saturated heterocycles. The lowest BCUT2D eigenvalue weighted by atomic mass is 10.0. The number of phenols is 1. The molecule has 1 aromatic rings. The van der Waals surface area contributed by atoms with Crippen LogP contribution in [0.15, 0.2) is 18.2 Å². The molecule has 1 aromatic carbocycles. The van der Waals surface area contributed by atoms with E-state index in [0.717, 1.165) is 0 Å². The molecule has 0 aliphatic carbocycles. The molecule has 7 heteroatoms. The lowest BCUT2D eigenvalue weighted by Crippen LogP contribution is -2.46. The summed E-state index contributed by atoms with van der Waals surface area (Å²) in [6, 6.07) is 3.54. The number of halogens is 1. The number of alkyl carbamates (subject to hydrolysis) is 1. The Morgan fingerprint density at radius 2 is 1.92 bits per heavy atom. The van der Waals surface area contributed by atoms with Gasteiger partial charge < -0.3 is 20.5 Å². The third-order valence-corrected chi connectivity index (χ3v) is 3.17. The molecule has 1 rings (SSSR count). The number of hydrogen-bond donors (Lipinski definition) is 3. The summed E-state index contributed by atoms with van der Waals surface area (Å²) in [6.45, 7) is 9.11. The Kier molecular flexibility index (Phi) is 6.90. The first-order valence-electron chi connectivity index (χ1n) is 7.77. The van der Waals surface area contributed by atoms with Gasteiger partial charge in [0.05, 0.1) is 5.69 Å². The van der Waals surface area contributed by atoms with E-state index in [4.69, 9.17) is 16.3 Å². The SMILES string of the molecule is CC(C)CC(NC(=O)OC(C)(C)C)C(=O)Nc1cc(Cl)ccc1O. The highest BCUT2D eigenvalue weighted by atomic mass is 35.5. The second-order valence-corrected chi connectivity index (χ2v) is 7.42. The van der Waals surface area contributed by atoms with Crippen molar-refractivity contribution >= 4 is 29.3 Å². The van der Waals surface area contributed by atoms with Gasteiger partial charge in [0.2, 0.25) is 5.91 Å². The van der Waals surface area contributed by atoms with Gasteiger partial charge in [0.1, 0.15) is 17.4 Å². The van der Waals surface area contributed by atoms with E-state index in [9.17, 15) is 14.7 Å². The van der Waals surface area contributed by atoms with Gasteiger partial charge in [0.15, 0.2) is 0 Å². The van der Waals surface area contributed by atoms with Crippen LogP contribution < -0.4 is 10.6 Å². The van der Waals surface area contributed by atoms with Crippen LogP contribution in [0, 0.1) is 5.92 Å². The number of amides is 2. The molecular formula is C17H25ClN2O4. The summed E-state index contributed by atoms with van der Waals surface area (Å²) >= 11 is 5.87. The maximum Gasteiger partial charge on any atom is 0.408 e. The zero-order valence-electron chi connectivity index (χ0n) is 14.6. The number of hydrogen-bond acceptors (Lipinski definition) is 4. The fourth-order valence-electron chi connectivity index (χ4n) is 1.98. The molecule has 3 N–H and O–H groups in total. The van der Waals surface area contributed by atoms with Crippen molar-refractivity contribution in [3.8, 4) is 5.75 Å². The van der Waals surface area contributed by atoms with Crippen molar-refractivity contribution in [3.05, 3.63) is 23.2 Å². The van der Waals surface area contributed by atoms with E-state index in [-0.39, 0.29) is 17.4 Å². The van der Waals surface area contributed by atoms with Gasteiger partial charge in [-0.2, -0.15) is 0 Å². The van der Waals surface area contributed by atoms with E-state index in [1.807, 2.05) is 13.8 Å². The normalized spacial score (nSPS) is 12.6. The number of benzene rings is 1. The van der Waals surface area contributed by atoms with Gasteiger partial charge in [0.25, 0.3) is 0 Å². The monoisotopic (exact) mass is 356 g/mol. The standard InChI is InChI=1S/C17H25ClN2O4/c1-10(2)8-13(20-16(23)24-17(3,4)5)15(22)19-12-9-11(18)6-7-14(12)21/h6-7,9-10,13,21H,8H2,1-5H3,(H,19,22)(H,20,23). The van der Waals surface area contributed by atoms with Gasteiger partial charge in [-0.1, -0.05) is 25.4 Å². The van der Waals surface area contributed by atoms with Crippen LogP contribution in [0.4, 0.5) is 10.5 Å². The molecule has 0 saturated carbocycles. The molecule has 1 atom stereocenters. The molecule has 0 aliphatic heterocycles. The van der Waals surface area contributed by atoms with E-state index in [0.29, 0.717) is 11.4 Å². The number of rotatable bonds is 5. The zero-order chi connectivity index (χ0) is 18.5. The number of carbonyl (C=O) groups is 2. The Hall–Kier alpha value is -1.95. The first-order chi connectivity index (χ1) is 11.0. The Bertz CT molecular complexity index is 597. The van der Waals surface area contributed by atoms with Gasteiger partial charge in [-0.3, -0.25) is 4.79 Å². The van der Waals surface area contributed by atoms with Crippen LogP contribution in [0.3, 0.4) is 0 Å². The highest BCUT2D eigenvalue weighted by molar-refractivity contribution is 6.31. The molecule has 0 spiro atoms. The van der Waals surface area contributed by atoms with Crippen LogP contribution in [0.5, 0.6) is 5.75 Å². The average molecular weight is 357 g/mol. The Balaban J connectivity index is 2.85. The van der Waals surface area contributed by atoms with Crippen molar-refractivity contribution < 1.29 is 19.4 Å². The highest BCUT2D eigenvalue weighted by Gasteiger charge is 2.25. The molecule has 1 unspecified atom stereocenters. The first kappa shape index (κ1) is 20.1. The molecular weight excluding hydrogens is 332 g/mol. The van der Waals surface area contributed by atoms with E-state index < -0.39 is 23.6 Å². The zero-order valence-corrected chi connectivity index (χ0v) is 15.4. The maximum atomic E-state index is 12.5. The smallest absolute Gasteiger partial charge is 0.408 e. The molecule has 0 bridgehead atoms. The summed E-state index contributed by atoms with van der Waals surface area (Å²) in [4.78, 5) is 24.4. The molecule has 0 heterocycles. The summed E-state index contributed by atoms with van der Waals surface area (Å²) < 4.78 is 5.19. The molecule has 6 nitrogen and oxygen atoms in total. The van der Waals surface area contributed by atoms with Gasteiger partial charge >= 0.3 is 6.09 Å². The summed E-state index contributed by atoms with van der Waals surface area (Å²) in [6.07, 6.45) is -0.245. The number of phenolic OH excluding ortho intramolecular Hbond substituents is 1. The lowest BCUT2D eigenvalue weighted by molar-refractivity contribution is -0.118.